The van der Waals surface area contributed by atoms with Crippen LogP contribution in [0.2, 0.25) is 0 Å². The number of hydrogen-bond acceptors (Lipinski definition) is 8. The Kier molecular flexibility index (Phi) is 10.4. The summed E-state index contributed by atoms with van der Waals surface area (Å²) in [6.07, 6.45) is 2.60. The van der Waals surface area contributed by atoms with Gasteiger partial charge in [-0.3, -0.25) is 9.52 Å². The largest absolute Gasteiger partial charge is 0.506 e. The van der Waals surface area contributed by atoms with E-state index in [4.69, 9.17) is 0 Å². The van der Waals surface area contributed by atoms with Crippen molar-refractivity contribution in [1.29, 1.82) is 0 Å². The van der Waals surface area contributed by atoms with Crippen LogP contribution in [0.5, 0.6) is 5.75 Å². The molecule has 1 aliphatic heterocycles. The minimum absolute atomic E-state index is 0.0321. The number of nitrogens with one attached hydrogen (secondary N) is 3. The molecule has 0 aromatic heterocycles. The number of aliphatic hydroxyl groups excluding tert-OH is 2. The van der Waals surface area contributed by atoms with E-state index in [1.54, 1.807) is 18.2 Å². The molecule has 0 bridgehead atoms. The van der Waals surface area contributed by atoms with Crippen molar-refractivity contribution in [1.82, 2.24) is 10.6 Å². The first-order chi connectivity index (χ1) is 17.9. The molecule has 0 saturated carbocycles. The van der Waals surface area contributed by atoms with Crippen LogP contribution in [0, 0.1) is 5.92 Å². The second kappa shape index (κ2) is 13.3. The summed E-state index contributed by atoms with van der Waals surface area (Å²) < 4.78 is 25.2. The Labute approximate surface area is 225 Å². The number of phenolic OH excluding ortho intramolecular Hbond substituents is 1. The van der Waals surface area contributed by atoms with Gasteiger partial charge in [0.15, 0.2) is 0 Å². The van der Waals surface area contributed by atoms with E-state index in [-0.39, 0.29) is 36.0 Å². The van der Waals surface area contributed by atoms with E-state index in [1.807, 2.05) is 12.1 Å². The van der Waals surface area contributed by atoms with Gasteiger partial charge in [0.05, 0.1) is 30.7 Å². The topological polar surface area (TPSA) is 151 Å². The van der Waals surface area contributed by atoms with Gasteiger partial charge in [0.25, 0.3) is 5.91 Å². The Morgan fingerprint density at radius 3 is 2.34 bits per heavy atom. The molecule has 3 rings (SSSR count). The number of amides is 1. The van der Waals surface area contributed by atoms with E-state index < -0.39 is 16.1 Å². The molecular weight excluding hydrogens is 508 g/mol. The lowest BCUT2D eigenvalue weighted by atomic mass is 10.0. The Hall–Kier alpha value is -2.86. The third-order valence-corrected chi connectivity index (χ3v) is 7.19. The number of rotatable bonds is 12. The average Bonchev–Trinajstić information content (AvgIpc) is 2.87. The van der Waals surface area contributed by atoms with Crippen LogP contribution >= 0.6 is 0 Å². The van der Waals surface area contributed by atoms with E-state index in [2.05, 4.69) is 34.1 Å². The normalized spacial score (nSPS) is 16.3. The molecule has 1 heterocycles. The first-order valence-electron chi connectivity index (χ1n) is 12.9. The lowest BCUT2D eigenvalue weighted by molar-refractivity contribution is 0.0908. The zero-order valence-electron chi connectivity index (χ0n) is 22.2. The molecule has 2 aromatic rings. The van der Waals surface area contributed by atoms with E-state index >= 15 is 0 Å². The van der Waals surface area contributed by atoms with Gasteiger partial charge in [0.1, 0.15) is 5.75 Å². The summed E-state index contributed by atoms with van der Waals surface area (Å²) in [5, 5.41) is 36.3. The van der Waals surface area contributed by atoms with Crippen LogP contribution in [0.15, 0.2) is 42.5 Å². The minimum Gasteiger partial charge on any atom is -0.506 e. The molecule has 2 atom stereocenters. The Balaban J connectivity index is 1.48. The van der Waals surface area contributed by atoms with Crippen LogP contribution in [-0.2, 0) is 10.0 Å². The van der Waals surface area contributed by atoms with Gasteiger partial charge in [0.2, 0.25) is 10.0 Å². The second-order valence-corrected chi connectivity index (χ2v) is 12.1. The zero-order valence-corrected chi connectivity index (χ0v) is 23.0. The molecule has 6 N–H and O–H groups in total. The molecule has 0 aliphatic carbocycles. The lowest BCUT2D eigenvalue weighted by Gasteiger charge is -2.34. The zero-order chi connectivity index (χ0) is 27.9. The molecule has 1 aliphatic rings. The summed E-state index contributed by atoms with van der Waals surface area (Å²) in [7, 11) is -3.56. The minimum atomic E-state index is -3.56. The highest BCUT2D eigenvalue weighted by atomic mass is 32.2. The number of benzene rings is 2. The third kappa shape index (κ3) is 8.87. The molecule has 11 heteroatoms. The van der Waals surface area contributed by atoms with Crippen molar-refractivity contribution < 1.29 is 28.5 Å². The summed E-state index contributed by atoms with van der Waals surface area (Å²) in [5.41, 5.74) is 2.13. The molecule has 10 nitrogen and oxygen atoms in total. The quantitative estimate of drug-likeness (QED) is 0.221. The molecule has 1 amide bonds. The van der Waals surface area contributed by atoms with E-state index in [1.165, 1.54) is 12.1 Å². The number of aliphatic hydroxyl groups is 2. The summed E-state index contributed by atoms with van der Waals surface area (Å²) in [6, 6.07) is 11.8. The number of nitrogens with zero attached hydrogens (tertiary/aromatic N) is 1. The van der Waals surface area contributed by atoms with Gasteiger partial charge >= 0.3 is 0 Å². The van der Waals surface area contributed by atoms with Crippen LogP contribution < -0.4 is 20.3 Å². The smallest absolute Gasteiger partial charge is 0.251 e. The molecule has 2 aromatic carbocycles. The predicted molar refractivity (Wildman–Crippen MR) is 149 cm³/mol. The number of anilines is 2. The van der Waals surface area contributed by atoms with Crippen molar-refractivity contribution in [3.05, 3.63) is 53.6 Å². The predicted octanol–water partition coefficient (Wildman–Crippen LogP) is 2.19. The van der Waals surface area contributed by atoms with Gasteiger partial charge in [-0.2, -0.15) is 0 Å². The number of carbonyl (C=O) groups is 1. The molecule has 0 unspecified atom stereocenters. The highest BCUT2D eigenvalue weighted by Gasteiger charge is 2.21. The number of phenols is 1. The standard InChI is InChI=1S/C27H40N4O6S/c1-18(2)14-22(17-32)29-27(35)19-4-7-23(8-5-19)31-12-10-21(11-13-31)28-16-26(34)20-6-9-25(33)24(15-20)30-38(3,36)37/h4-9,15,18,21-22,26,28,30,32-34H,10-14,16-17H2,1-3H3,(H,29,35)/t22-,26+/m0/s1. The van der Waals surface area contributed by atoms with Gasteiger partial charge in [-0.05, 0) is 67.1 Å². The van der Waals surface area contributed by atoms with Crippen LogP contribution in [-0.4, -0.2) is 74.2 Å². The van der Waals surface area contributed by atoms with Gasteiger partial charge in [-0.25, -0.2) is 8.42 Å². The number of carbonyl (C=O) groups excluding carboxylic acids is 1. The molecule has 38 heavy (non-hydrogen) atoms. The summed E-state index contributed by atoms with van der Waals surface area (Å²) in [4.78, 5) is 14.8. The van der Waals surface area contributed by atoms with E-state index in [0.29, 0.717) is 23.6 Å². The van der Waals surface area contributed by atoms with Crippen LogP contribution in [0.3, 0.4) is 0 Å². The van der Waals surface area contributed by atoms with Crippen LogP contribution in [0.4, 0.5) is 11.4 Å². The first kappa shape index (κ1) is 29.7. The summed E-state index contributed by atoms with van der Waals surface area (Å²) >= 11 is 0. The van der Waals surface area contributed by atoms with Gasteiger partial charge in [0, 0.05) is 36.9 Å². The monoisotopic (exact) mass is 548 g/mol. The van der Waals surface area contributed by atoms with Crippen molar-refractivity contribution in [3.8, 4) is 5.75 Å². The Morgan fingerprint density at radius 1 is 1.11 bits per heavy atom. The van der Waals surface area contributed by atoms with Crippen LogP contribution in [0.1, 0.15) is 55.1 Å². The van der Waals surface area contributed by atoms with E-state index in [9.17, 15) is 28.5 Å². The molecule has 0 spiro atoms. The van der Waals surface area contributed by atoms with Crippen molar-refractivity contribution >= 4 is 27.3 Å². The highest BCUT2D eigenvalue weighted by Crippen LogP contribution is 2.28. The fraction of sp³-hybridized carbons (Fsp3) is 0.519. The first-order valence-corrected chi connectivity index (χ1v) is 14.8. The van der Waals surface area contributed by atoms with Gasteiger partial charge < -0.3 is 30.9 Å². The van der Waals surface area contributed by atoms with Crippen LogP contribution in [0.25, 0.3) is 0 Å². The summed E-state index contributed by atoms with van der Waals surface area (Å²) in [6.45, 7) is 5.96. The maximum Gasteiger partial charge on any atom is 0.251 e. The molecule has 1 fully saturated rings. The van der Waals surface area contributed by atoms with E-state index in [0.717, 1.165) is 44.3 Å². The SMILES string of the molecule is CC(C)C[C@@H](CO)NC(=O)c1ccc(N2CCC(NC[C@@H](O)c3ccc(O)c(NS(C)(=O)=O)c3)CC2)cc1. The number of piperidine rings is 1. The second-order valence-electron chi connectivity index (χ2n) is 10.4. The number of hydrogen-bond donors (Lipinski definition) is 6. The van der Waals surface area contributed by atoms with Crippen molar-refractivity contribution in [2.24, 2.45) is 5.92 Å². The van der Waals surface area contributed by atoms with Crippen molar-refractivity contribution in [2.45, 2.75) is 51.3 Å². The number of aromatic hydroxyl groups is 1. The highest BCUT2D eigenvalue weighted by molar-refractivity contribution is 7.92. The van der Waals surface area contributed by atoms with Crippen molar-refractivity contribution in [3.63, 3.8) is 0 Å². The fourth-order valence-electron chi connectivity index (χ4n) is 4.62. The van der Waals surface area contributed by atoms with Gasteiger partial charge in [-0.1, -0.05) is 19.9 Å². The van der Waals surface area contributed by atoms with Crippen molar-refractivity contribution in [2.75, 3.05) is 42.1 Å². The Morgan fingerprint density at radius 2 is 1.76 bits per heavy atom. The summed E-state index contributed by atoms with van der Waals surface area (Å²) in [5.74, 6) is -0.0215. The maximum atomic E-state index is 12.5. The van der Waals surface area contributed by atoms with Gasteiger partial charge in [-0.15, -0.1) is 0 Å². The average molecular weight is 549 g/mol. The molecule has 1 saturated heterocycles. The molecule has 0 radical (unpaired) electrons. The number of sulfonamides is 1. The maximum absolute atomic E-state index is 12.5. The Bertz CT molecular complexity index is 1160. The molecule has 210 valence electrons. The third-order valence-electron chi connectivity index (χ3n) is 6.60. The fourth-order valence-corrected chi connectivity index (χ4v) is 5.18. The lowest BCUT2D eigenvalue weighted by Crippen LogP contribution is -2.43. The molecular formula is C27H40N4O6S.